The zero-order chi connectivity index (χ0) is 6.69. The van der Waals surface area contributed by atoms with Crippen LogP contribution < -0.4 is 0 Å². The number of rotatable bonds is 4. The molecule has 0 aromatic rings. The molecular formula is C6H13NO2. The van der Waals surface area contributed by atoms with Gasteiger partial charge in [-0.3, -0.25) is 10.4 Å². The molecule has 0 atom stereocenters. The van der Waals surface area contributed by atoms with Gasteiger partial charge >= 0.3 is 0 Å². The molecule has 0 aromatic heterocycles. The monoisotopic (exact) mass is 131 g/mol. The van der Waals surface area contributed by atoms with E-state index in [9.17, 15) is 0 Å². The normalized spacial score (nSPS) is 19.0. The topological polar surface area (TPSA) is 43.7 Å². The number of hydrogen-bond acceptors (Lipinski definition) is 3. The Labute approximate surface area is 54.8 Å². The summed E-state index contributed by atoms with van der Waals surface area (Å²) >= 11 is 0. The summed E-state index contributed by atoms with van der Waals surface area (Å²) < 4.78 is 0. The molecular weight excluding hydrogens is 118 g/mol. The van der Waals surface area contributed by atoms with Crippen LogP contribution in [-0.4, -0.2) is 22.2 Å². The van der Waals surface area contributed by atoms with Crippen molar-refractivity contribution in [2.75, 3.05) is 6.54 Å². The molecule has 0 unspecified atom stereocenters. The molecule has 0 aliphatic heterocycles. The van der Waals surface area contributed by atoms with Gasteiger partial charge in [-0.15, -0.1) is 0 Å². The summed E-state index contributed by atoms with van der Waals surface area (Å²) in [7, 11) is 0. The Bertz CT molecular complexity index is 79.1. The molecule has 0 spiro atoms. The molecule has 9 heavy (non-hydrogen) atoms. The van der Waals surface area contributed by atoms with Crippen LogP contribution >= 0.6 is 0 Å². The first-order valence-electron chi connectivity index (χ1n) is 3.44. The van der Waals surface area contributed by atoms with Crippen molar-refractivity contribution < 1.29 is 10.4 Å². The summed E-state index contributed by atoms with van der Waals surface area (Å²) in [4.78, 5) is 0. The second kappa shape index (κ2) is 3.15. The zero-order valence-corrected chi connectivity index (χ0v) is 5.45. The molecule has 1 aliphatic rings. The largest absolute Gasteiger partial charge is 0.290 e. The molecule has 0 amide bonds. The fourth-order valence-electron chi connectivity index (χ4n) is 0.928. The van der Waals surface area contributed by atoms with Crippen LogP contribution in [0.2, 0.25) is 0 Å². The van der Waals surface area contributed by atoms with Gasteiger partial charge in [0, 0.05) is 0 Å². The van der Waals surface area contributed by atoms with E-state index in [2.05, 4.69) is 0 Å². The highest BCUT2D eigenvalue weighted by atomic mass is 16.8. The average Bonchev–Trinajstić information content (AvgIpc) is 2.48. The number of nitrogens with zero attached hydrogens (tertiary/aromatic N) is 1. The summed E-state index contributed by atoms with van der Waals surface area (Å²) in [5.41, 5.74) is 0. The Balaban J connectivity index is 1.81. The minimum absolute atomic E-state index is 0.266. The van der Waals surface area contributed by atoms with Crippen molar-refractivity contribution in [1.82, 2.24) is 5.23 Å². The molecule has 2 N–H and O–H groups in total. The van der Waals surface area contributed by atoms with Crippen molar-refractivity contribution in [2.24, 2.45) is 5.92 Å². The summed E-state index contributed by atoms with van der Waals surface area (Å²) in [5.74, 6) is 0.893. The molecule has 0 radical (unpaired) electrons. The molecule has 0 aromatic carbocycles. The minimum atomic E-state index is 0.266. The standard InChI is InChI=1S/C6H13NO2/c8-7(9)5-1-2-6-3-4-6/h6,8-9H,1-5H2. The Morgan fingerprint density at radius 1 is 1.33 bits per heavy atom. The summed E-state index contributed by atoms with van der Waals surface area (Å²) in [6.07, 6.45) is 4.74. The Hall–Kier alpha value is -0.120. The van der Waals surface area contributed by atoms with Crippen LogP contribution in [0.5, 0.6) is 0 Å². The molecule has 1 saturated carbocycles. The maximum atomic E-state index is 8.27. The highest BCUT2D eigenvalue weighted by molar-refractivity contribution is 4.72. The van der Waals surface area contributed by atoms with Crippen molar-refractivity contribution in [1.29, 1.82) is 0 Å². The third kappa shape index (κ3) is 3.46. The molecule has 0 bridgehead atoms. The maximum Gasteiger partial charge on any atom is 0.0513 e. The number of hydrogen-bond donors (Lipinski definition) is 2. The van der Waals surface area contributed by atoms with Gasteiger partial charge in [-0.25, -0.2) is 0 Å². The quantitative estimate of drug-likeness (QED) is 0.564. The average molecular weight is 131 g/mol. The van der Waals surface area contributed by atoms with Crippen LogP contribution in [0, 0.1) is 5.92 Å². The van der Waals surface area contributed by atoms with Crippen LogP contribution in [0.3, 0.4) is 0 Å². The molecule has 1 aliphatic carbocycles. The molecule has 1 rings (SSSR count). The first kappa shape index (κ1) is 6.99. The van der Waals surface area contributed by atoms with E-state index in [-0.39, 0.29) is 5.23 Å². The Kier molecular flexibility index (Phi) is 2.45. The fourth-order valence-corrected chi connectivity index (χ4v) is 0.928. The Morgan fingerprint density at radius 2 is 2.00 bits per heavy atom. The van der Waals surface area contributed by atoms with Crippen LogP contribution in [0.1, 0.15) is 25.7 Å². The van der Waals surface area contributed by atoms with E-state index >= 15 is 0 Å². The SMILES string of the molecule is ON(O)CCCC1CC1. The lowest BCUT2D eigenvalue weighted by molar-refractivity contribution is -0.306. The van der Waals surface area contributed by atoms with E-state index < -0.39 is 0 Å². The van der Waals surface area contributed by atoms with Gasteiger partial charge < -0.3 is 0 Å². The van der Waals surface area contributed by atoms with E-state index in [1.165, 1.54) is 12.8 Å². The minimum Gasteiger partial charge on any atom is -0.290 e. The van der Waals surface area contributed by atoms with E-state index in [1.807, 2.05) is 0 Å². The maximum absolute atomic E-state index is 8.27. The predicted octanol–water partition coefficient (Wildman–Crippen LogP) is 1.26. The summed E-state index contributed by atoms with van der Waals surface area (Å²) in [5, 5.41) is 16.8. The van der Waals surface area contributed by atoms with E-state index in [1.54, 1.807) is 0 Å². The van der Waals surface area contributed by atoms with Crippen molar-refractivity contribution in [3.05, 3.63) is 0 Å². The first-order valence-corrected chi connectivity index (χ1v) is 3.44. The molecule has 1 fully saturated rings. The van der Waals surface area contributed by atoms with Crippen LogP contribution in [0.15, 0.2) is 0 Å². The van der Waals surface area contributed by atoms with E-state index in [4.69, 9.17) is 10.4 Å². The Morgan fingerprint density at radius 3 is 2.44 bits per heavy atom. The molecule has 0 saturated heterocycles. The lowest BCUT2D eigenvalue weighted by Gasteiger charge is -2.03. The predicted molar refractivity (Wildman–Crippen MR) is 32.2 cm³/mol. The van der Waals surface area contributed by atoms with Gasteiger partial charge in [-0.1, -0.05) is 18.1 Å². The lowest BCUT2D eigenvalue weighted by atomic mass is 10.2. The number of hydroxylamine groups is 2. The van der Waals surface area contributed by atoms with Crippen LogP contribution in [-0.2, 0) is 0 Å². The summed E-state index contributed by atoms with van der Waals surface area (Å²) in [6.45, 7) is 0.385. The van der Waals surface area contributed by atoms with Crippen molar-refractivity contribution in [2.45, 2.75) is 25.7 Å². The van der Waals surface area contributed by atoms with Crippen LogP contribution in [0.4, 0.5) is 0 Å². The van der Waals surface area contributed by atoms with Gasteiger partial charge in [0.25, 0.3) is 0 Å². The van der Waals surface area contributed by atoms with Gasteiger partial charge in [0.2, 0.25) is 0 Å². The third-order valence-electron chi connectivity index (χ3n) is 1.67. The summed E-state index contributed by atoms with van der Waals surface area (Å²) in [6, 6.07) is 0. The van der Waals surface area contributed by atoms with E-state index in [0.29, 0.717) is 6.54 Å². The van der Waals surface area contributed by atoms with E-state index in [0.717, 1.165) is 18.8 Å². The van der Waals surface area contributed by atoms with Gasteiger partial charge in [0.05, 0.1) is 6.54 Å². The van der Waals surface area contributed by atoms with Crippen molar-refractivity contribution in [3.8, 4) is 0 Å². The first-order chi connectivity index (χ1) is 4.29. The smallest absolute Gasteiger partial charge is 0.0513 e. The van der Waals surface area contributed by atoms with Crippen molar-refractivity contribution in [3.63, 3.8) is 0 Å². The van der Waals surface area contributed by atoms with Gasteiger partial charge in [0.1, 0.15) is 0 Å². The lowest BCUT2D eigenvalue weighted by Crippen LogP contribution is -2.14. The zero-order valence-electron chi connectivity index (χ0n) is 5.45. The fraction of sp³-hybridized carbons (Fsp3) is 1.00. The molecule has 0 heterocycles. The van der Waals surface area contributed by atoms with Crippen molar-refractivity contribution >= 4 is 0 Å². The molecule has 3 heteroatoms. The van der Waals surface area contributed by atoms with Gasteiger partial charge in [-0.05, 0) is 18.8 Å². The third-order valence-corrected chi connectivity index (χ3v) is 1.67. The molecule has 54 valence electrons. The second-order valence-electron chi connectivity index (χ2n) is 2.68. The van der Waals surface area contributed by atoms with Crippen LogP contribution in [0.25, 0.3) is 0 Å². The highest BCUT2D eigenvalue weighted by Gasteiger charge is 2.20. The molecule has 3 nitrogen and oxygen atoms in total. The highest BCUT2D eigenvalue weighted by Crippen LogP contribution is 2.33. The van der Waals surface area contributed by atoms with Gasteiger partial charge in [0.15, 0.2) is 0 Å². The second-order valence-corrected chi connectivity index (χ2v) is 2.68. The van der Waals surface area contributed by atoms with Gasteiger partial charge in [-0.2, -0.15) is 0 Å².